The van der Waals surface area contributed by atoms with Gasteiger partial charge >= 0.3 is 6.03 Å². The maximum Gasteiger partial charge on any atom is 0.320 e. The summed E-state index contributed by atoms with van der Waals surface area (Å²) in [6.45, 7) is 1.32. The summed E-state index contributed by atoms with van der Waals surface area (Å²) in [5, 5.41) is 9.90. The normalized spacial score (nSPS) is 17.4. The molecule has 1 unspecified atom stereocenters. The average Bonchev–Trinajstić information content (AvgIpc) is 3.16. The Hall–Kier alpha value is -2.34. The molecule has 2 aromatic rings. The average molecular weight is 300 g/mol. The van der Waals surface area contributed by atoms with Gasteiger partial charge in [0.15, 0.2) is 5.82 Å². The smallest absolute Gasteiger partial charge is 0.320 e. The number of nitrogens with zero attached hydrogens (tertiary/aromatic N) is 2. The molecule has 0 spiro atoms. The van der Waals surface area contributed by atoms with Gasteiger partial charge in [-0.25, -0.2) is 4.79 Å². The van der Waals surface area contributed by atoms with Gasteiger partial charge in [-0.2, -0.15) is 5.10 Å². The molecule has 6 heteroatoms. The van der Waals surface area contributed by atoms with Crippen LogP contribution in [0.15, 0.2) is 36.4 Å². The van der Waals surface area contributed by atoms with E-state index >= 15 is 0 Å². The third-order valence-electron chi connectivity index (χ3n) is 3.71. The van der Waals surface area contributed by atoms with Crippen LogP contribution >= 0.6 is 0 Å². The zero-order valence-corrected chi connectivity index (χ0v) is 12.6. The predicted molar refractivity (Wildman–Crippen MR) is 84.6 cm³/mol. The number of benzene rings is 1. The highest BCUT2D eigenvalue weighted by molar-refractivity contribution is 5.88. The molecule has 1 atom stereocenters. The van der Waals surface area contributed by atoms with Gasteiger partial charge in [-0.05, 0) is 18.4 Å². The van der Waals surface area contributed by atoms with Crippen LogP contribution in [0.5, 0.6) is 0 Å². The maximum atomic E-state index is 11.9. The highest BCUT2D eigenvalue weighted by atomic mass is 16.5. The molecule has 0 radical (unpaired) electrons. The Morgan fingerprint density at radius 2 is 2.23 bits per heavy atom. The van der Waals surface area contributed by atoms with Crippen molar-refractivity contribution in [2.75, 3.05) is 18.5 Å². The van der Waals surface area contributed by atoms with Crippen molar-refractivity contribution >= 4 is 11.8 Å². The molecule has 1 aliphatic rings. The third-order valence-corrected chi connectivity index (χ3v) is 3.71. The Morgan fingerprint density at radius 1 is 1.41 bits per heavy atom. The van der Waals surface area contributed by atoms with Crippen LogP contribution in [0.2, 0.25) is 0 Å². The first-order valence-electron chi connectivity index (χ1n) is 7.48. The van der Waals surface area contributed by atoms with Crippen molar-refractivity contribution in [2.45, 2.75) is 18.9 Å². The van der Waals surface area contributed by atoms with Crippen molar-refractivity contribution < 1.29 is 9.53 Å². The van der Waals surface area contributed by atoms with E-state index in [1.54, 1.807) is 4.68 Å². The molecule has 22 heavy (non-hydrogen) atoms. The number of carbonyl (C=O) groups is 1. The molecule has 0 saturated carbocycles. The Morgan fingerprint density at radius 3 is 2.95 bits per heavy atom. The van der Waals surface area contributed by atoms with Crippen molar-refractivity contribution in [3.8, 4) is 11.3 Å². The summed E-state index contributed by atoms with van der Waals surface area (Å²) in [4.78, 5) is 11.9. The fourth-order valence-electron chi connectivity index (χ4n) is 2.58. The molecule has 0 aliphatic carbocycles. The van der Waals surface area contributed by atoms with Gasteiger partial charge in [-0.3, -0.25) is 10.00 Å². The second kappa shape index (κ2) is 6.62. The maximum absolute atomic E-state index is 11.9. The van der Waals surface area contributed by atoms with Gasteiger partial charge in [0.1, 0.15) is 0 Å². The highest BCUT2D eigenvalue weighted by Crippen LogP contribution is 2.21. The van der Waals surface area contributed by atoms with E-state index in [-0.39, 0.29) is 12.1 Å². The van der Waals surface area contributed by atoms with E-state index in [9.17, 15) is 4.79 Å². The number of ether oxygens (including phenoxy) is 1. The van der Waals surface area contributed by atoms with Gasteiger partial charge in [-0.1, -0.05) is 30.3 Å². The van der Waals surface area contributed by atoms with Gasteiger partial charge in [-0.15, -0.1) is 0 Å². The number of urea groups is 1. The van der Waals surface area contributed by atoms with E-state index in [0.717, 1.165) is 30.7 Å². The summed E-state index contributed by atoms with van der Waals surface area (Å²) >= 11 is 0. The first-order valence-corrected chi connectivity index (χ1v) is 7.48. The Kier molecular flexibility index (Phi) is 4.39. The molecule has 1 saturated heterocycles. The van der Waals surface area contributed by atoms with Gasteiger partial charge in [0, 0.05) is 26.3 Å². The second-order valence-corrected chi connectivity index (χ2v) is 5.37. The molecule has 1 aliphatic heterocycles. The second-order valence-electron chi connectivity index (χ2n) is 5.37. The van der Waals surface area contributed by atoms with Crippen LogP contribution < -0.4 is 10.6 Å². The van der Waals surface area contributed by atoms with Crippen molar-refractivity contribution in [1.29, 1.82) is 0 Å². The van der Waals surface area contributed by atoms with Crippen LogP contribution in [0.1, 0.15) is 12.8 Å². The van der Waals surface area contributed by atoms with Crippen LogP contribution in [0.4, 0.5) is 10.6 Å². The number of hydrogen-bond donors (Lipinski definition) is 2. The van der Waals surface area contributed by atoms with Gasteiger partial charge in [0.25, 0.3) is 0 Å². The lowest BCUT2D eigenvalue weighted by atomic mass is 10.1. The van der Waals surface area contributed by atoms with Crippen LogP contribution in [-0.4, -0.2) is 35.1 Å². The number of rotatable bonds is 4. The van der Waals surface area contributed by atoms with E-state index < -0.39 is 0 Å². The minimum absolute atomic E-state index is 0.134. The Labute approximate surface area is 129 Å². The molecule has 116 valence electrons. The zero-order valence-electron chi connectivity index (χ0n) is 12.6. The van der Waals surface area contributed by atoms with Gasteiger partial charge in [0.05, 0.1) is 11.8 Å². The van der Waals surface area contributed by atoms with E-state index in [0.29, 0.717) is 12.4 Å². The molecular weight excluding hydrogens is 280 g/mol. The Balaban J connectivity index is 1.59. The molecule has 2 heterocycles. The lowest BCUT2D eigenvalue weighted by molar-refractivity contribution is 0.112. The van der Waals surface area contributed by atoms with Gasteiger partial charge in [0.2, 0.25) is 0 Å². The van der Waals surface area contributed by atoms with Crippen LogP contribution in [0.25, 0.3) is 11.3 Å². The minimum atomic E-state index is -0.256. The van der Waals surface area contributed by atoms with Crippen molar-refractivity contribution in [3.63, 3.8) is 0 Å². The number of anilines is 1. The summed E-state index contributed by atoms with van der Waals surface area (Å²) in [5.41, 5.74) is 2.01. The topological polar surface area (TPSA) is 68.2 Å². The predicted octanol–water partition coefficient (Wildman–Crippen LogP) is 2.39. The molecule has 2 amide bonds. The van der Waals surface area contributed by atoms with E-state index in [4.69, 9.17) is 4.74 Å². The first-order chi connectivity index (χ1) is 10.7. The summed E-state index contributed by atoms with van der Waals surface area (Å²) in [5.74, 6) is 0.534. The molecule has 6 nitrogen and oxygen atoms in total. The molecule has 2 N–H and O–H groups in total. The summed E-state index contributed by atoms with van der Waals surface area (Å²) < 4.78 is 7.23. The number of nitrogens with one attached hydrogen (secondary N) is 2. The molecule has 1 fully saturated rings. The first kappa shape index (κ1) is 14.6. The summed E-state index contributed by atoms with van der Waals surface area (Å²) in [6.07, 6.45) is 2.20. The fourth-order valence-corrected chi connectivity index (χ4v) is 2.58. The lowest BCUT2D eigenvalue weighted by Crippen LogP contribution is -2.35. The Bertz CT molecular complexity index is 633. The molecular formula is C16H20N4O2. The number of amides is 2. The molecule has 1 aromatic carbocycles. The van der Waals surface area contributed by atoms with E-state index in [2.05, 4.69) is 15.7 Å². The summed E-state index contributed by atoms with van der Waals surface area (Å²) in [6, 6.07) is 11.6. The van der Waals surface area contributed by atoms with E-state index in [1.165, 1.54) is 0 Å². The monoisotopic (exact) mass is 300 g/mol. The van der Waals surface area contributed by atoms with Crippen molar-refractivity contribution in [3.05, 3.63) is 36.4 Å². The molecule has 1 aromatic heterocycles. The van der Waals surface area contributed by atoms with Crippen LogP contribution in [-0.2, 0) is 11.8 Å². The van der Waals surface area contributed by atoms with Gasteiger partial charge < -0.3 is 10.1 Å². The number of carbonyl (C=O) groups excluding carboxylic acids is 1. The quantitative estimate of drug-likeness (QED) is 0.911. The zero-order chi connectivity index (χ0) is 15.4. The van der Waals surface area contributed by atoms with Crippen LogP contribution in [0.3, 0.4) is 0 Å². The number of hydrogen-bond acceptors (Lipinski definition) is 3. The highest BCUT2D eigenvalue weighted by Gasteiger charge is 2.16. The standard InChI is InChI=1S/C16H20N4O2/c1-20-14(12-6-3-2-4-7-12)10-15(19-20)18-16(21)17-11-13-8-5-9-22-13/h2-4,6-7,10,13H,5,8-9,11H2,1H3,(H2,17,18,19,21). The third kappa shape index (κ3) is 3.46. The largest absolute Gasteiger partial charge is 0.376 e. The number of aryl methyl sites for hydroxylation is 1. The van der Waals surface area contributed by atoms with Crippen LogP contribution in [0, 0.1) is 0 Å². The molecule has 3 rings (SSSR count). The van der Waals surface area contributed by atoms with Crippen molar-refractivity contribution in [1.82, 2.24) is 15.1 Å². The van der Waals surface area contributed by atoms with E-state index in [1.807, 2.05) is 43.4 Å². The lowest BCUT2D eigenvalue weighted by Gasteiger charge is -2.10. The van der Waals surface area contributed by atoms with Crippen molar-refractivity contribution in [2.24, 2.45) is 7.05 Å². The fraction of sp³-hybridized carbons (Fsp3) is 0.375. The SMILES string of the molecule is Cn1nc(NC(=O)NCC2CCCO2)cc1-c1ccccc1. The molecule has 0 bridgehead atoms. The minimum Gasteiger partial charge on any atom is -0.376 e. The summed E-state index contributed by atoms with van der Waals surface area (Å²) in [7, 11) is 1.86. The number of aromatic nitrogens is 2.